The van der Waals surface area contributed by atoms with Crippen molar-refractivity contribution in [2.75, 3.05) is 18.9 Å². The van der Waals surface area contributed by atoms with Crippen molar-refractivity contribution in [1.82, 2.24) is 20.6 Å². The molecule has 3 aromatic carbocycles. The molecule has 10 heteroatoms. The van der Waals surface area contributed by atoms with Crippen molar-refractivity contribution in [1.29, 1.82) is 0 Å². The zero-order valence-corrected chi connectivity index (χ0v) is 17.6. The van der Waals surface area contributed by atoms with E-state index < -0.39 is 10.0 Å². The largest absolute Gasteiger partial charge is 0.495 e. The van der Waals surface area contributed by atoms with Crippen molar-refractivity contribution in [3.05, 3.63) is 66.7 Å². The molecule has 1 heterocycles. The molecule has 0 aliphatic heterocycles. The predicted molar refractivity (Wildman–Crippen MR) is 115 cm³/mol. The summed E-state index contributed by atoms with van der Waals surface area (Å²) in [7, 11) is -1.16. The lowest BCUT2D eigenvalue weighted by Gasteiger charge is -2.15. The molecule has 0 bridgehead atoms. The Bertz CT molecular complexity index is 1290. The van der Waals surface area contributed by atoms with E-state index in [-0.39, 0.29) is 16.5 Å². The summed E-state index contributed by atoms with van der Waals surface area (Å²) in [5, 5.41) is 13.7. The van der Waals surface area contributed by atoms with Crippen LogP contribution in [0.2, 0.25) is 0 Å². The standard InChI is InChI=1S/C21H19N5O4S/c1-29-18-10-8-15(14-6-4-3-5-7-14)12-17(18)24-31(27,28)20-13-16(9-11-19(20)30-2)21-22-25-26-23-21/h3-13,24H,1-2H3,(H,22,23,25,26). The number of hydrogen-bond donors (Lipinski definition) is 2. The third kappa shape index (κ3) is 4.19. The van der Waals surface area contributed by atoms with Crippen LogP contribution < -0.4 is 14.2 Å². The lowest BCUT2D eigenvalue weighted by Crippen LogP contribution is -2.15. The highest BCUT2D eigenvalue weighted by Crippen LogP contribution is 2.34. The molecule has 2 N–H and O–H groups in total. The maximum Gasteiger partial charge on any atom is 0.265 e. The van der Waals surface area contributed by atoms with E-state index in [9.17, 15) is 8.42 Å². The predicted octanol–water partition coefficient (Wildman–Crippen LogP) is 3.35. The molecule has 0 saturated heterocycles. The summed E-state index contributed by atoms with van der Waals surface area (Å²) in [6, 6.07) is 19.6. The first-order chi connectivity index (χ1) is 15.0. The number of ether oxygens (including phenoxy) is 2. The number of hydrogen-bond acceptors (Lipinski definition) is 7. The zero-order valence-electron chi connectivity index (χ0n) is 16.7. The van der Waals surface area contributed by atoms with E-state index >= 15 is 0 Å². The molecule has 0 amide bonds. The summed E-state index contributed by atoms with van der Waals surface area (Å²) in [5.74, 6) is 0.831. The van der Waals surface area contributed by atoms with Gasteiger partial charge in [-0.05, 0) is 46.7 Å². The Labute approximate surface area is 179 Å². The van der Waals surface area contributed by atoms with E-state index in [1.807, 2.05) is 36.4 Å². The molecule has 0 spiro atoms. The number of rotatable bonds is 7. The summed E-state index contributed by atoms with van der Waals surface area (Å²) in [6.07, 6.45) is 0. The molecule has 4 rings (SSSR count). The summed E-state index contributed by atoms with van der Waals surface area (Å²) in [4.78, 5) is -0.0653. The second-order valence-corrected chi connectivity index (χ2v) is 8.14. The fourth-order valence-electron chi connectivity index (χ4n) is 3.11. The number of aromatic amines is 1. The Morgan fingerprint density at radius 1 is 0.839 bits per heavy atom. The van der Waals surface area contributed by atoms with Crippen molar-refractivity contribution < 1.29 is 17.9 Å². The van der Waals surface area contributed by atoms with Gasteiger partial charge in [-0.15, -0.1) is 10.2 Å². The van der Waals surface area contributed by atoms with Crippen molar-refractivity contribution in [2.45, 2.75) is 4.90 Å². The normalized spacial score (nSPS) is 11.2. The van der Waals surface area contributed by atoms with Crippen LogP contribution in [0.25, 0.3) is 22.5 Å². The van der Waals surface area contributed by atoms with Crippen LogP contribution in [0.1, 0.15) is 0 Å². The summed E-state index contributed by atoms with van der Waals surface area (Å²) in [5.41, 5.74) is 2.56. The minimum absolute atomic E-state index is 0.0653. The number of H-pyrrole nitrogens is 1. The molecule has 0 saturated carbocycles. The minimum Gasteiger partial charge on any atom is -0.495 e. The second kappa shape index (κ2) is 8.44. The maximum absolute atomic E-state index is 13.3. The molecule has 0 aliphatic rings. The Hall–Kier alpha value is -3.92. The van der Waals surface area contributed by atoms with Crippen LogP contribution in [0.3, 0.4) is 0 Å². The van der Waals surface area contributed by atoms with Crippen LogP contribution >= 0.6 is 0 Å². The number of aromatic nitrogens is 4. The highest BCUT2D eigenvalue weighted by molar-refractivity contribution is 7.92. The van der Waals surface area contributed by atoms with Gasteiger partial charge < -0.3 is 9.47 Å². The fourth-order valence-corrected chi connectivity index (χ4v) is 4.36. The van der Waals surface area contributed by atoms with Crippen molar-refractivity contribution in [2.24, 2.45) is 0 Å². The molecule has 0 fully saturated rings. The molecule has 0 unspecified atom stereocenters. The fraction of sp³-hybridized carbons (Fsp3) is 0.0952. The summed E-state index contributed by atoms with van der Waals surface area (Å²) >= 11 is 0. The van der Waals surface area contributed by atoms with Gasteiger partial charge >= 0.3 is 0 Å². The van der Waals surface area contributed by atoms with E-state index in [0.717, 1.165) is 11.1 Å². The van der Waals surface area contributed by atoms with Gasteiger partial charge in [0.05, 0.1) is 19.9 Å². The van der Waals surface area contributed by atoms with Crippen LogP contribution in [0.5, 0.6) is 11.5 Å². The van der Waals surface area contributed by atoms with Gasteiger partial charge in [0, 0.05) is 5.56 Å². The van der Waals surface area contributed by atoms with Gasteiger partial charge in [0.2, 0.25) is 5.82 Å². The first-order valence-electron chi connectivity index (χ1n) is 9.20. The number of nitrogens with zero attached hydrogens (tertiary/aromatic N) is 3. The van der Waals surface area contributed by atoms with E-state index in [4.69, 9.17) is 9.47 Å². The van der Waals surface area contributed by atoms with Gasteiger partial charge in [-0.1, -0.05) is 36.4 Å². The average molecular weight is 437 g/mol. The van der Waals surface area contributed by atoms with Gasteiger partial charge in [-0.3, -0.25) is 4.72 Å². The monoisotopic (exact) mass is 437 g/mol. The Morgan fingerprint density at radius 3 is 2.23 bits per heavy atom. The van der Waals surface area contributed by atoms with E-state index in [1.54, 1.807) is 18.2 Å². The average Bonchev–Trinajstić information content (AvgIpc) is 3.34. The van der Waals surface area contributed by atoms with Gasteiger partial charge in [0.15, 0.2) is 0 Å². The Morgan fingerprint density at radius 2 is 1.55 bits per heavy atom. The van der Waals surface area contributed by atoms with Crippen LogP contribution in [-0.2, 0) is 10.0 Å². The molecule has 4 aromatic rings. The molecule has 0 atom stereocenters. The highest BCUT2D eigenvalue weighted by Gasteiger charge is 2.23. The third-order valence-corrected chi connectivity index (χ3v) is 5.99. The van der Waals surface area contributed by atoms with Crippen LogP contribution in [0.4, 0.5) is 5.69 Å². The number of tetrazole rings is 1. The molecule has 1 aromatic heterocycles. The number of sulfonamides is 1. The van der Waals surface area contributed by atoms with E-state index in [1.165, 1.54) is 26.4 Å². The molecular formula is C21H19N5O4S. The molecule has 31 heavy (non-hydrogen) atoms. The van der Waals surface area contributed by atoms with Crippen molar-refractivity contribution in [3.63, 3.8) is 0 Å². The smallest absolute Gasteiger partial charge is 0.265 e. The van der Waals surface area contributed by atoms with Crippen molar-refractivity contribution >= 4 is 15.7 Å². The highest BCUT2D eigenvalue weighted by atomic mass is 32.2. The first kappa shape index (κ1) is 20.4. The van der Waals surface area contributed by atoms with Crippen molar-refractivity contribution in [3.8, 4) is 34.0 Å². The minimum atomic E-state index is -4.04. The quantitative estimate of drug-likeness (QED) is 0.455. The number of nitrogens with one attached hydrogen (secondary N) is 2. The lowest BCUT2D eigenvalue weighted by molar-refractivity contribution is 0.403. The topological polar surface area (TPSA) is 119 Å². The number of methoxy groups -OCH3 is 2. The number of benzene rings is 3. The zero-order chi connectivity index (χ0) is 21.8. The molecule has 0 radical (unpaired) electrons. The summed E-state index contributed by atoms with van der Waals surface area (Å²) in [6.45, 7) is 0. The van der Waals surface area contributed by atoms with Gasteiger partial charge in [-0.2, -0.15) is 5.21 Å². The van der Waals surface area contributed by atoms with Gasteiger partial charge in [0.25, 0.3) is 10.0 Å². The van der Waals surface area contributed by atoms with E-state index in [2.05, 4.69) is 25.3 Å². The van der Waals surface area contributed by atoms with Gasteiger partial charge in [-0.25, -0.2) is 8.42 Å². The second-order valence-electron chi connectivity index (χ2n) is 6.49. The van der Waals surface area contributed by atoms with Crippen LogP contribution in [0, 0.1) is 0 Å². The van der Waals surface area contributed by atoms with E-state index in [0.29, 0.717) is 17.0 Å². The molecule has 9 nitrogen and oxygen atoms in total. The molecule has 0 aliphatic carbocycles. The third-order valence-electron chi connectivity index (χ3n) is 4.61. The SMILES string of the molecule is COc1ccc(-c2ccccc2)cc1NS(=O)(=O)c1cc(-c2nn[nH]n2)ccc1OC. The summed E-state index contributed by atoms with van der Waals surface area (Å²) < 4.78 is 39.9. The van der Waals surface area contributed by atoms with Crippen LogP contribution in [0.15, 0.2) is 71.6 Å². The van der Waals surface area contributed by atoms with Crippen LogP contribution in [-0.4, -0.2) is 43.3 Å². The maximum atomic E-state index is 13.3. The Kier molecular flexibility index (Phi) is 5.54. The molecular weight excluding hydrogens is 418 g/mol. The van der Waals surface area contributed by atoms with Gasteiger partial charge in [0.1, 0.15) is 16.4 Å². The first-order valence-corrected chi connectivity index (χ1v) is 10.7. The lowest BCUT2D eigenvalue weighted by atomic mass is 10.1. The Balaban J connectivity index is 1.76. The number of anilines is 1. The molecule has 158 valence electrons.